The van der Waals surface area contributed by atoms with E-state index in [0.29, 0.717) is 24.0 Å². The average Bonchev–Trinajstić information content (AvgIpc) is 2.81. The van der Waals surface area contributed by atoms with Gasteiger partial charge in [-0.15, -0.1) is 5.11 Å². The predicted molar refractivity (Wildman–Crippen MR) is 145 cm³/mol. The molecule has 4 N–H and O–H groups in total. The maximum Gasteiger partial charge on any atom is 0.296 e. The van der Waals surface area contributed by atoms with Crippen molar-refractivity contribution in [1.29, 1.82) is 0 Å². The number of halogens is 2. The number of rotatable bonds is 12. The van der Waals surface area contributed by atoms with Crippen molar-refractivity contribution in [2.24, 2.45) is 10.2 Å². The molecular formula is C21H23Cl2N7O7S2. The monoisotopic (exact) mass is 619 g/mol. The van der Waals surface area contributed by atoms with E-state index in [1.165, 1.54) is 24.3 Å². The molecule has 0 amide bonds. The molecule has 1 aromatic heterocycles. The van der Waals surface area contributed by atoms with Crippen molar-refractivity contribution < 1.29 is 30.7 Å². The van der Waals surface area contributed by atoms with Gasteiger partial charge in [0, 0.05) is 12.6 Å². The number of hydrogen-bond acceptors (Lipinski definition) is 12. The molecule has 18 heteroatoms. The van der Waals surface area contributed by atoms with Crippen LogP contribution in [-0.4, -0.2) is 59.8 Å². The summed E-state index contributed by atoms with van der Waals surface area (Å²) in [6.45, 7) is 4.04. The summed E-state index contributed by atoms with van der Waals surface area (Å²) >= 11 is 12.2. The molecule has 14 nitrogen and oxygen atoms in total. The van der Waals surface area contributed by atoms with Crippen molar-refractivity contribution in [2.45, 2.75) is 25.2 Å². The van der Waals surface area contributed by atoms with Crippen LogP contribution in [0.25, 0.3) is 0 Å². The third-order valence-corrected chi connectivity index (χ3v) is 7.09. The fourth-order valence-corrected chi connectivity index (χ4v) is 4.70. The largest absolute Gasteiger partial charge is 0.491 e. The second kappa shape index (κ2) is 12.8. The average molecular weight is 620 g/mol. The molecule has 1 heterocycles. The Morgan fingerprint density at radius 1 is 0.974 bits per heavy atom. The molecule has 0 aliphatic carbocycles. The maximum atomic E-state index is 11.5. The minimum absolute atomic E-state index is 0.0175. The van der Waals surface area contributed by atoms with Crippen molar-refractivity contribution in [3.05, 3.63) is 46.2 Å². The smallest absolute Gasteiger partial charge is 0.296 e. The van der Waals surface area contributed by atoms with Gasteiger partial charge in [0.25, 0.3) is 20.2 Å². The molecule has 0 unspecified atom stereocenters. The summed E-state index contributed by atoms with van der Waals surface area (Å²) in [5, 5.41) is 13.9. The van der Waals surface area contributed by atoms with Gasteiger partial charge < -0.3 is 15.4 Å². The van der Waals surface area contributed by atoms with Crippen LogP contribution in [0.2, 0.25) is 10.0 Å². The van der Waals surface area contributed by atoms with Crippen LogP contribution < -0.4 is 15.4 Å². The minimum Gasteiger partial charge on any atom is -0.491 e. The molecule has 3 aromatic rings. The molecule has 0 bridgehead atoms. The number of hydrogen-bond donors (Lipinski definition) is 4. The van der Waals surface area contributed by atoms with Gasteiger partial charge in [-0.3, -0.25) is 9.11 Å². The Labute approximate surface area is 234 Å². The zero-order valence-electron chi connectivity index (χ0n) is 20.5. The first-order valence-electron chi connectivity index (χ1n) is 11.1. The zero-order chi connectivity index (χ0) is 28.8. The van der Waals surface area contributed by atoms with E-state index < -0.39 is 30.9 Å². The second-order valence-electron chi connectivity index (χ2n) is 7.76. The first-order valence-corrected chi connectivity index (χ1v) is 14.9. The van der Waals surface area contributed by atoms with E-state index in [-0.39, 0.29) is 46.1 Å². The van der Waals surface area contributed by atoms with Gasteiger partial charge in [0.1, 0.15) is 22.2 Å². The van der Waals surface area contributed by atoms with Gasteiger partial charge in [0.2, 0.25) is 11.9 Å². The van der Waals surface area contributed by atoms with Crippen LogP contribution in [0.5, 0.6) is 5.75 Å². The highest BCUT2D eigenvalue weighted by molar-refractivity contribution is 7.86. The van der Waals surface area contributed by atoms with E-state index in [4.69, 9.17) is 32.5 Å². The highest BCUT2D eigenvalue weighted by Gasteiger charge is 2.16. The highest BCUT2D eigenvalue weighted by Crippen LogP contribution is 2.38. The van der Waals surface area contributed by atoms with Gasteiger partial charge in [-0.05, 0) is 44.5 Å². The summed E-state index contributed by atoms with van der Waals surface area (Å²) < 4.78 is 69.2. The lowest BCUT2D eigenvalue weighted by Crippen LogP contribution is -2.10. The van der Waals surface area contributed by atoms with Crippen LogP contribution in [0.3, 0.4) is 0 Å². The van der Waals surface area contributed by atoms with Crippen molar-refractivity contribution in [1.82, 2.24) is 15.0 Å². The number of aromatic nitrogens is 3. The summed E-state index contributed by atoms with van der Waals surface area (Å²) in [7, 11) is -8.77. The Morgan fingerprint density at radius 2 is 1.69 bits per heavy atom. The lowest BCUT2D eigenvalue weighted by atomic mass is 10.2. The van der Waals surface area contributed by atoms with Gasteiger partial charge in [-0.25, -0.2) is 0 Å². The topological polar surface area (TPSA) is 205 Å². The molecule has 0 aliphatic rings. The van der Waals surface area contributed by atoms with E-state index in [2.05, 4.69) is 35.8 Å². The van der Waals surface area contributed by atoms with E-state index in [1.54, 1.807) is 6.92 Å². The Kier molecular flexibility index (Phi) is 9.98. The third-order valence-electron chi connectivity index (χ3n) is 4.65. The third kappa shape index (κ3) is 9.22. The summed E-state index contributed by atoms with van der Waals surface area (Å²) in [6.07, 6.45) is -0.0175. The number of ether oxygens (including phenoxy) is 1. The van der Waals surface area contributed by atoms with Crippen molar-refractivity contribution in [2.75, 3.05) is 29.5 Å². The first-order chi connectivity index (χ1) is 18.2. The number of anilines is 3. The van der Waals surface area contributed by atoms with Crippen LogP contribution in [0.4, 0.5) is 29.0 Å². The Bertz CT molecular complexity index is 1600. The van der Waals surface area contributed by atoms with Crippen LogP contribution in [0.1, 0.15) is 19.2 Å². The maximum absolute atomic E-state index is 11.5. The van der Waals surface area contributed by atoms with Crippen LogP contribution in [0.15, 0.2) is 45.5 Å². The number of nitrogens with zero attached hydrogens (tertiary/aromatic N) is 5. The molecule has 0 radical (unpaired) electrons. The fourth-order valence-electron chi connectivity index (χ4n) is 3.02. The molecule has 210 valence electrons. The molecule has 0 spiro atoms. The van der Waals surface area contributed by atoms with Crippen molar-refractivity contribution in [3.63, 3.8) is 0 Å². The molecule has 39 heavy (non-hydrogen) atoms. The standard InChI is InChI=1S/C21H23Cl2N7O7S2/c1-3-24-20-25-12(2)26-21(28-20)27-17-10-15(23)16(11-18(17)37-7-4-8-38(31,32)33)30-29-13-5-6-14(22)19(9-13)39(34,35)36/h5-6,9-11H,3-4,7-8H2,1-2H3,(H,31,32,33)(H,34,35,36)(H2,24,25,26,27,28). The first kappa shape index (κ1) is 30.4. The van der Waals surface area contributed by atoms with Crippen LogP contribution in [0, 0.1) is 6.92 Å². The number of aryl methyl sites for hydroxylation is 1. The lowest BCUT2D eigenvalue weighted by molar-refractivity contribution is 0.317. The van der Waals surface area contributed by atoms with Gasteiger partial charge in [0.05, 0.1) is 33.8 Å². The number of nitrogens with one attached hydrogen (secondary N) is 2. The highest BCUT2D eigenvalue weighted by atomic mass is 35.5. The fraction of sp³-hybridized carbons (Fsp3) is 0.286. The minimum atomic E-state index is -4.59. The molecule has 0 atom stereocenters. The van der Waals surface area contributed by atoms with Gasteiger partial charge in [0.15, 0.2) is 0 Å². The van der Waals surface area contributed by atoms with Crippen molar-refractivity contribution in [3.8, 4) is 5.75 Å². The summed E-state index contributed by atoms with van der Waals surface area (Å²) in [5.41, 5.74) is 0.465. The molecule has 0 aliphatic heterocycles. The summed E-state index contributed by atoms with van der Waals surface area (Å²) in [4.78, 5) is 12.2. The zero-order valence-corrected chi connectivity index (χ0v) is 23.6. The molecule has 3 rings (SSSR count). The van der Waals surface area contributed by atoms with Crippen LogP contribution in [-0.2, 0) is 20.2 Å². The van der Waals surface area contributed by atoms with E-state index >= 15 is 0 Å². The quantitative estimate of drug-likeness (QED) is 0.120. The molecule has 2 aromatic carbocycles. The molecule has 0 saturated heterocycles. The lowest BCUT2D eigenvalue weighted by Gasteiger charge is -2.14. The van der Waals surface area contributed by atoms with Gasteiger partial charge >= 0.3 is 0 Å². The summed E-state index contributed by atoms with van der Waals surface area (Å²) in [5.74, 6) is 0.600. The van der Waals surface area contributed by atoms with Gasteiger partial charge in [-0.1, -0.05) is 23.2 Å². The van der Waals surface area contributed by atoms with Crippen LogP contribution >= 0.6 is 23.2 Å². The van der Waals surface area contributed by atoms with Gasteiger partial charge in [-0.2, -0.15) is 36.9 Å². The summed E-state index contributed by atoms with van der Waals surface area (Å²) in [6, 6.07) is 6.49. The SMILES string of the molecule is CCNc1nc(C)nc(Nc2cc(Cl)c(N=Nc3ccc(Cl)c(S(=O)(=O)O)c3)cc2OCCCS(=O)(=O)O)n1. The molecule has 0 saturated carbocycles. The normalized spacial score (nSPS) is 12.1. The Balaban J connectivity index is 1.96. The van der Waals surface area contributed by atoms with E-state index in [0.717, 1.165) is 6.07 Å². The molecular weight excluding hydrogens is 597 g/mol. The molecule has 0 fully saturated rings. The van der Waals surface area contributed by atoms with Crippen molar-refractivity contribution >= 4 is 72.4 Å². The van der Waals surface area contributed by atoms with E-state index in [9.17, 15) is 21.4 Å². The van der Waals surface area contributed by atoms with E-state index in [1.807, 2.05) is 6.92 Å². The predicted octanol–water partition coefficient (Wildman–Crippen LogP) is 4.98. The second-order valence-corrected chi connectivity index (χ2v) is 11.5. The Morgan fingerprint density at radius 3 is 2.36 bits per heavy atom. The number of benzene rings is 2. The number of azo groups is 1. The Hall–Kier alpha value is -3.15.